The number of nitrogens with zero attached hydrogens (tertiary/aromatic N) is 2. The summed E-state index contributed by atoms with van der Waals surface area (Å²) < 4.78 is 30.1. The summed E-state index contributed by atoms with van der Waals surface area (Å²) in [7, 11) is 1.99. The highest BCUT2D eigenvalue weighted by atomic mass is 19.1. The van der Waals surface area contributed by atoms with E-state index in [2.05, 4.69) is 16.8 Å². The summed E-state index contributed by atoms with van der Waals surface area (Å²) in [4.78, 5) is 19.6. The highest BCUT2D eigenvalue weighted by molar-refractivity contribution is 6.08. The van der Waals surface area contributed by atoms with Gasteiger partial charge < -0.3 is 15.7 Å². The molecule has 5 nitrogen and oxygen atoms in total. The van der Waals surface area contributed by atoms with Gasteiger partial charge in [-0.15, -0.1) is 0 Å². The molecule has 182 valence electrons. The molecule has 7 heteroatoms. The Morgan fingerprint density at radius 2 is 1.88 bits per heavy atom. The van der Waals surface area contributed by atoms with Crippen LogP contribution in [-0.2, 0) is 12.8 Å². The fraction of sp³-hybridized carbons (Fsp3) is 0.407. The molecule has 0 fully saturated rings. The van der Waals surface area contributed by atoms with Crippen molar-refractivity contribution in [2.24, 2.45) is 5.92 Å². The van der Waals surface area contributed by atoms with Crippen molar-refractivity contribution in [2.75, 3.05) is 25.9 Å². The topological polar surface area (TPSA) is 79.5 Å². The molecule has 0 aliphatic carbocycles. The summed E-state index contributed by atoms with van der Waals surface area (Å²) >= 11 is 0. The van der Waals surface area contributed by atoms with E-state index in [4.69, 9.17) is 5.73 Å². The molecular weight excluding hydrogens is 436 g/mol. The predicted octanol–water partition coefficient (Wildman–Crippen LogP) is 5.53. The summed E-state index contributed by atoms with van der Waals surface area (Å²) in [6.45, 7) is 5.66. The van der Waals surface area contributed by atoms with Gasteiger partial charge in [-0.25, -0.2) is 8.78 Å². The van der Waals surface area contributed by atoms with E-state index in [1.54, 1.807) is 24.3 Å². The maximum absolute atomic E-state index is 15.2. The van der Waals surface area contributed by atoms with E-state index >= 15 is 4.39 Å². The van der Waals surface area contributed by atoms with Gasteiger partial charge >= 0.3 is 0 Å². The average molecular weight is 470 g/mol. The van der Waals surface area contributed by atoms with E-state index in [0.29, 0.717) is 19.3 Å². The summed E-state index contributed by atoms with van der Waals surface area (Å²) in [6.07, 6.45) is 4.23. The Morgan fingerprint density at radius 1 is 1.18 bits per heavy atom. The van der Waals surface area contributed by atoms with Crippen LogP contribution in [0.15, 0.2) is 36.5 Å². The van der Waals surface area contributed by atoms with Crippen LogP contribution in [0.4, 0.5) is 14.5 Å². The lowest BCUT2D eigenvalue weighted by Gasteiger charge is -2.17. The summed E-state index contributed by atoms with van der Waals surface area (Å²) in [5.41, 5.74) is 7.36. The first-order chi connectivity index (χ1) is 16.3. The normalized spacial score (nSPS) is 12.4. The molecule has 0 aliphatic rings. The van der Waals surface area contributed by atoms with Crippen LogP contribution in [0.25, 0.3) is 10.9 Å². The molecule has 34 heavy (non-hydrogen) atoms. The van der Waals surface area contributed by atoms with Gasteiger partial charge in [-0.1, -0.05) is 26.0 Å². The van der Waals surface area contributed by atoms with Crippen LogP contribution < -0.4 is 5.73 Å². The number of aromatic hydroxyl groups is 1. The Morgan fingerprint density at radius 3 is 2.53 bits per heavy atom. The number of nitrogen functional groups attached to an aromatic ring is 1. The highest BCUT2D eigenvalue weighted by Crippen LogP contribution is 2.31. The van der Waals surface area contributed by atoms with Crippen LogP contribution in [0.1, 0.15) is 54.6 Å². The first kappa shape index (κ1) is 25.6. The van der Waals surface area contributed by atoms with Crippen molar-refractivity contribution in [3.63, 3.8) is 0 Å². The van der Waals surface area contributed by atoms with E-state index < -0.39 is 11.6 Å². The second-order valence-corrected chi connectivity index (χ2v) is 8.88. The van der Waals surface area contributed by atoms with Gasteiger partial charge in [-0.3, -0.25) is 9.78 Å². The molecule has 3 rings (SSSR count). The largest absolute Gasteiger partial charge is 0.508 e. The molecule has 3 aromatic rings. The minimum Gasteiger partial charge on any atom is -0.508 e. The lowest BCUT2D eigenvalue weighted by molar-refractivity contribution is 0.0916. The standard InChI is InChI=1S/C27H33F2N3O2/c1-4-12-32(3)13-6-7-20-23(28)15-21-25(30)22(16-31-26(21)24(20)29)27(34)18(5-2)14-17-8-10-19(33)11-9-17/h8-11,15-16,18,33H,4-7,12-14H2,1-3H3,(H2,30,31). The molecule has 1 heterocycles. The fourth-order valence-corrected chi connectivity index (χ4v) is 4.33. The number of carbonyl (C=O) groups excluding carboxylic acids is 1. The number of anilines is 1. The van der Waals surface area contributed by atoms with Crippen molar-refractivity contribution in [2.45, 2.75) is 46.0 Å². The second-order valence-electron chi connectivity index (χ2n) is 8.88. The molecule has 2 aromatic carbocycles. The van der Waals surface area contributed by atoms with Gasteiger partial charge in [0.2, 0.25) is 0 Å². The Kier molecular flexibility index (Phi) is 8.56. The number of ketones is 1. The van der Waals surface area contributed by atoms with Gasteiger partial charge in [0.1, 0.15) is 17.1 Å². The average Bonchev–Trinajstić information content (AvgIpc) is 2.81. The maximum Gasteiger partial charge on any atom is 0.169 e. The molecular formula is C27H33F2N3O2. The smallest absolute Gasteiger partial charge is 0.169 e. The Hall–Kier alpha value is -3.06. The number of halogens is 2. The van der Waals surface area contributed by atoms with Crippen molar-refractivity contribution in [1.29, 1.82) is 0 Å². The van der Waals surface area contributed by atoms with Crippen molar-refractivity contribution in [3.05, 3.63) is 64.9 Å². The van der Waals surface area contributed by atoms with Gasteiger partial charge in [-0.2, -0.15) is 0 Å². The van der Waals surface area contributed by atoms with Crippen molar-refractivity contribution in [1.82, 2.24) is 9.88 Å². The Labute approximate surface area is 199 Å². The SMILES string of the molecule is CCCN(C)CCCc1c(F)cc2c(N)c(C(=O)C(CC)Cc3ccc(O)cc3)cnc2c1F. The van der Waals surface area contributed by atoms with Crippen molar-refractivity contribution >= 4 is 22.4 Å². The molecule has 0 bridgehead atoms. The van der Waals surface area contributed by atoms with Gasteiger partial charge in [0.05, 0.1) is 11.3 Å². The first-order valence-electron chi connectivity index (χ1n) is 11.8. The predicted molar refractivity (Wildman–Crippen MR) is 132 cm³/mol. The molecule has 0 spiro atoms. The number of phenols is 1. The maximum atomic E-state index is 15.2. The minimum atomic E-state index is -0.713. The van der Waals surface area contributed by atoms with Crippen molar-refractivity contribution < 1.29 is 18.7 Å². The summed E-state index contributed by atoms with van der Waals surface area (Å²) in [5, 5.41) is 9.59. The van der Waals surface area contributed by atoms with E-state index in [0.717, 1.165) is 25.1 Å². The number of carbonyl (C=O) groups is 1. The molecule has 0 saturated carbocycles. The molecule has 0 radical (unpaired) electrons. The third kappa shape index (κ3) is 5.70. The Bertz CT molecular complexity index is 1150. The van der Waals surface area contributed by atoms with Crippen LogP contribution in [-0.4, -0.2) is 40.9 Å². The van der Waals surface area contributed by atoms with Gasteiger partial charge in [-0.05, 0) is 76.0 Å². The number of fused-ring (bicyclic) bond motifs is 1. The molecule has 3 N–H and O–H groups in total. The number of phenolic OH excluding ortho intramolecular Hbond substituents is 1. The number of hydrogen-bond acceptors (Lipinski definition) is 5. The number of hydrogen-bond donors (Lipinski definition) is 2. The zero-order valence-corrected chi connectivity index (χ0v) is 20.1. The van der Waals surface area contributed by atoms with Crippen LogP contribution in [0.2, 0.25) is 0 Å². The van der Waals surface area contributed by atoms with Crippen molar-refractivity contribution in [3.8, 4) is 5.75 Å². The second kappa shape index (κ2) is 11.4. The van der Waals surface area contributed by atoms with E-state index in [-0.39, 0.29) is 51.6 Å². The molecule has 0 saturated heterocycles. The zero-order chi connectivity index (χ0) is 24.8. The highest BCUT2D eigenvalue weighted by Gasteiger charge is 2.24. The number of Topliss-reactive ketones (excluding diaryl/α,β-unsaturated/α-hetero) is 1. The van der Waals surface area contributed by atoms with Gasteiger partial charge in [0.15, 0.2) is 11.6 Å². The number of aromatic nitrogens is 1. The lowest BCUT2D eigenvalue weighted by atomic mass is 9.88. The molecule has 1 aromatic heterocycles. The number of rotatable bonds is 11. The van der Waals surface area contributed by atoms with Gasteiger partial charge in [0, 0.05) is 23.1 Å². The lowest BCUT2D eigenvalue weighted by Crippen LogP contribution is -2.21. The Balaban J connectivity index is 1.86. The monoisotopic (exact) mass is 469 g/mol. The summed E-state index contributed by atoms with van der Waals surface area (Å²) in [5.74, 6) is -1.82. The molecule has 1 unspecified atom stereocenters. The van der Waals surface area contributed by atoms with Crippen LogP contribution >= 0.6 is 0 Å². The van der Waals surface area contributed by atoms with Gasteiger partial charge in [0.25, 0.3) is 0 Å². The number of nitrogens with two attached hydrogens (primary N) is 1. The molecule has 1 atom stereocenters. The minimum absolute atomic E-state index is 0.00198. The third-order valence-electron chi connectivity index (χ3n) is 6.31. The van der Waals surface area contributed by atoms with Crippen LogP contribution in [0.5, 0.6) is 5.75 Å². The van der Waals surface area contributed by atoms with Crippen LogP contribution in [0, 0.1) is 17.6 Å². The number of benzene rings is 2. The first-order valence-corrected chi connectivity index (χ1v) is 11.8. The van der Waals surface area contributed by atoms with E-state index in [9.17, 15) is 14.3 Å². The quantitative estimate of drug-likeness (QED) is 0.361. The van der Waals surface area contributed by atoms with Crippen LogP contribution in [0.3, 0.4) is 0 Å². The molecule has 0 amide bonds. The molecule has 0 aliphatic heterocycles. The fourth-order valence-electron chi connectivity index (χ4n) is 4.33. The van der Waals surface area contributed by atoms with E-state index in [1.165, 1.54) is 12.3 Å². The van der Waals surface area contributed by atoms with E-state index in [1.807, 2.05) is 14.0 Å². The zero-order valence-electron chi connectivity index (χ0n) is 20.1. The summed E-state index contributed by atoms with van der Waals surface area (Å²) in [6, 6.07) is 7.87. The third-order valence-corrected chi connectivity index (χ3v) is 6.31. The number of pyridine rings is 1.